The number of anilines is 1. The highest BCUT2D eigenvalue weighted by Gasteiger charge is 2.20. The van der Waals surface area contributed by atoms with Gasteiger partial charge in [0.15, 0.2) is 11.4 Å². The summed E-state index contributed by atoms with van der Waals surface area (Å²) in [5.74, 6) is -0.570. The number of carbonyl (C=O) groups is 1. The average Bonchev–Trinajstić information content (AvgIpc) is 2.84. The zero-order chi connectivity index (χ0) is 24.2. The van der Waals surface area contributed by atoms with E-state index >= 15 is 0 Å². The number of nitrogens with zero attached hydrogens (tertiary/aromatic N) is 3. The largest absolute Gasteiger partial charge is 0.505 e. The number of para-hydroxylation sites is 2. The SMILES string of the molecule is COc1ccccc1NC(=O)c1cc2ccccc2c(/N=N/c2ccc(Cl)cc2[N+](=O)[O-])c1O. The van der Waals surface area contributed by atoms with Crippen LogP contribution in [0.3, 0.4) is 0 Å². The van der Waals surface area contributed by atoms with Crippen molar-refractivity contribution in [1.29, 1.82) is 0 Å². The maximum Gasteiger partial charge on any atom is 0.298 e. The number of nitrogens with one attached hydrogen (secondary N) is 1. The lowest BCUT2D eigenvalue weighted by atomic mass is 10.0. The number of fused-ring (bicyclic) bond motifs is 1. The summed E-state index contributed by atoms with van der Waals surface area (Å²) in [4.78, 5) is 23.8. The van der Waals surface area contributed by atoms with Gasteiger partial charge >= 0.3 is 0 Å². The quantitative estimate of drug-likeness (QED) is 0.180. The summed E-state index contributed by atoms with van der Waals surface area (Å²) in [6.07, 6.45) is 0. The molecule has 34 heavy (non-hydrogen) atoms. The topological polar surface area (TPSA) is 126 Å². The van der Waals surface area contributed by atoms with Crippen LogP contribution in [-0.2, 0) is 0 Å². The second kappa shape index (κ2) is 9.55. The van der Waals surface area contributed by atoms with Gasteiger partial charge in [0.25, 0.3) is 11.6 Å². The van der Waals surface area contributed by atoms with Crippen LogP contribution >= 0.6 is 11.6 Å². The molecule has 10 heteroatoms. The lowest BCUT2D eigenvalue weighted by molar-refractivity contribution is -0.384. The minimum Gasteiger partial charge on any atom is -0.505 e. The van der Waals surface area contributed by atoms with Gasteiger partial charge in [-0.15, -0.1) is 10.2 Å². The number of halogens is 1. The first kappa shape index (κ1) is 22.7. The van der Waals surface area contributed by atoms with Crippen LogP contribution in [0.4, 0.5) is 22.7 Å². The lowest BCUT2D eigenvalue weighted by Gasteiger charge is -2.13. The predicted molar refractivity (Wildman–Crippen MR) is 129 cm³/mol. The molecule has 2 N–H and O–H groups in total. The third-order valence-corrected chi connectivity index (χ3v) is 5.22. The normalized spacial score (nSPS) is 11.0. The third-order valence-electron chi connectivity index (χ3n) is 4.99. The van der Waals surface area contributed by atoms with Crippen molar-refractivity contribution in [3.8, 4) is 11.5 Å². The number of amides is 1. The molecule has 170 valence electrons. The first-order valence-electron chi connectivity index (χ1n) is 9.94. The maximum absolute atomic E-state index is 13.1. The molecule has 4 aromatic carbocycles. The Morgan fingerprint density at radius 1 is 1.06 bits per heavy atom. The Balaban J connectivity index is 1.80. The van der Waals surface area contributed by atoms with Gasteiger partial charge in [-0.2, -0.15) is 0 Å². The van der Waals surface area contributed by atoms with Crippen molar-refractivity contribution in [3.63, 3.8) is 0 Å². The number of benzene rings is 4. The van der Waals surface area contributed by atoms with Gasteiger partial charge in [0, 0.05) is 16.5 Å². The lowest BCUT2D eigenvalue weighted by Crippen LogP contribution is -2.13. The van der Waals surface area contributed by atoms with Crippen molar-refractivity contribution in [1.82, 2.24) is 0 Å². The van der Waals surface area contributed by atoms with Gasteiger partial charge in [-0.05, 0) is 35.7 Å². The summed E-state index contributed by atoms with van der Waals surface area (Å²) in [6, 6.07) is 19.3. The van der Waals surface area contributed by atoms with Gasteiger partial charge < -0.3 is 15.2 Å². The summed E-state index contributed by atoms with van der Waals surface area (Å²) in [5, 5.41) is 34.4. The van der Waals surface area contributed by atoms with Crippen molar-refractivity contribution >= 4 is 51.0 Å². The monoisotopic (exact) mass is 476 g/mol. The summed E-state index contributed by atoms with van der Waals surface area (Å²) < 4.78 is 5.26. The summed E-state index contributed by atoms with van der Waals surface area (Å²) >= 11 is 5.86. The molecular formula is C24H17ClN4O5. The molecule has 0 radical (unpaired) electrons. The van der Waals surface area contributed by atoms with E-state index in [9.17, 15) is 20.0 Å². The number of phenolic OH excluding ortho intramolecular Hbond substituents is 1. The van der Waals surface area contributed by atoms with E-state index in [1.54, 1.807) is 48.5 Å². The highest BCUT2D eigenvalue weighted by molar-refractivity contribution is 6.30. The number of azo groups is 1. The van der Waals surface area contributed by atoms with Crippen molar-refractivity contribution < 1.29 is 19.6 Å². The Morgan fingerprint density at radius 2 is 1.79 bits per heavy atom. The molecule has 4 rings (SSSR count). The molecule has 0 aromatic heterocycles. The van der Waals surface area contributed by atoms with Gasteiger partial charge in [0.1, 0.15) is 11.4 Å². The Hall–Kier alpha value is -4.50. The number of hydrogen-bond acceptors (Lipinski definition) is 7. The zero-order valence-corrected chi connectivity index (χ0v) is 18.5. The van der Waals surface area contributed by atoms with Crippen molar-refractivity contribution in [2.24, 2.45) is 10.2 Å². The van der Waals surface area contributed by atoms with E-state index in [-0.39, 0.29) is 27.6 Å². The van der Waals surface area contributed by atoms with E-state index < -0.39 is 16.6 Å². The first-order valence-corrected chi connectivity index (χ1v) is 10.3. The van der Waals surface area contributed by atoms with Gasteiger partial charge in [0.2, 0.25) is 0 Å². The van der Waals surface area contributed by atoms with Crippen molar-refractivity contribution in [3.05, 3.63) is 93.5 Å². The molecule has 0 aliphatic heterocycles. The molecule has 0 unspecified atom stereocenters. The van der Waals surface area contributed by atoms with Gasteiger partial charge in [-0.3, -0.25) is 14.9 Å². The third kappa shape index (κ3) is 4.50. The number of hydrogen-bond donors (Lipinski definition) is 2. The Labute approximate surface area is 198 Å². The minimum atomic E-state index is -0.630. The van der Waals surface area contributed by atoms with E-state index in [1.807, 2.05) is 0 Å². The molecule has 0 saturated carbocycles. The molecule has 9 nitrogen and oxygen atoms in total. The number of rotatable bonds is 6. The number of aromatic hydroxyl groups is 1. The maximum atomic E-state index is 13.1. The summed E-state index contributed by atoms with van der Waals surface area (Å²) in [7, 11) is 1.48. The van der Waals surface area contributed by atoms with Crippen LogP contribution in [0.5, 0.6) is 11.5 Å². The van der Waals surface area contributed by atoms with E-state index in [0.29, 0.717) is 22.2 Å². The Kier molecular flexibility index (Phi) is 6.37. The molecule has 0 heterocycles. The second-order valence-corrected chi connectivity index (χ2v) is 7.52. The van der Waals surface area contributed by atoms with Crippen LogP contribution in [0.1, 0.15) is 10.4 Å². The van der Waals surface area contributed by atoms with Crippen LogP contribution in [0.2, 0.25) is 5.02 Å². The number of ether oxygens (including phenoxy) is 1. The molecule has 0 spiro atoms. The minimum absolute atomic E-state index is 0.00692. The zero-order valence-electron chi connectivity index (χ0n) is 17.7. The number of nitro groups is 1. The molecular weight excluding hydrogens is 460 g/mol. The molecule has 4 aromatic rings. The van der Waals surface area contributed by atoms with E-state index in [1.165, 1.54) is 25.3 Å². The number of methoxy groups -OCH3 is 1. The van der Waals surface area contributed by atoms with Crippen molar-refractivity contribution in [2.75, 3.05) is 12.4 Å². The van der Waals surface area contributed by atoms with Crippen LogP contribution in [0.15, 0.2) is 83.0 Å². The Morgan fingerprint density at radius 3 is 2.56 bits per heavy atom. The highest BCUT2D eigenvalue weighted by Crippen LogP contribution is 2.41. The van der Waals surface area contributed by atoms with E-state index in [0.717, 1.165) is 6.07 Å². The van der Waals surface area contributed by atoms with Crippen LogP contribution in [-0.4, -0.2) is 23.0 Å². The predicted octanol–water partition coefficient (Wildman–Crippen LogP) is 6.78. The molecule has 0 saturated heterocycles. The number of nitro benzene ring substituents is 1. The summed E-state index contributed by atoms with van der Waals surface area (Å²) in [6.45, 7) is 0. The second-order valence-electron chi connectivity index (χ2n) is 7.09. The molecule has 0 aliphatic rings. The van der Waals surface area contributed by atoms with E-state index in [4.69, 9.17) is 16.3 Å². The molecule has 0 aliphatic carbocycles. The number of phenols is 1. The Bertz CT molecular complexity index is 1460. The summed E-state index contributed by atoms with van der Waals surface area (Å²) in [5.41, 5.74) is -0.0360. The average molecular weight is 477 g/mol. The first-order chi connectivity index (χ1) is 16.4. The smallest absolute Gasteiger partial charge is 0.298 e. The van der Waals surface area contributed by atoms with Gasteiger partial charge in [0.05, 0.1) is 23.3 Å². The molecule has 1 amide bonds. The fourth-order valence-electron chi connectivity index (χ4n) is 3.36. The van der Waals surface area contributed by atoms with Gasteiger partial charge in [-0.25, -0.2) is 0 Å². The standard InChI is InChI=1S/C24H17ClN4O5/c1-34-21-9-5-4-8-19(21)26-24(31)17-12-14-6-2-3-7-16(14)22(23(17)30)28-27-18-11-10-15(25)13-20(18)29(32)33/h2-13,30H,1H3,(H,26,31)/b28-27+. The van der Waals surface area contributed by atoms with Crippen LogP contribution in [0, 0.1) is 10.1 Å². The molecule has 0 atom stereocenters. The van der Waals surface area contributed by atoms with Crippen LogP contribution < -0.4 is 10.1 Å². The highest BCUT2D eigenvalue weighted by atomic mass is 35.5. The van der Waals surface area contributed by atoms with E-state index in [2.05, 4.69) is 15.5 Å². The molecule has 0 fully saturated rings. The van der Waals surface area contributed by atoms with Crippen LogP contribution in [0.25, 0.3) is 10.8 Å². The number of carbonyl (C=O) groups excluding carboxylic acids is 1. The molecule has 0 bridgehead atoms. The fraction of sp³-hybridized carbons (Fsp3) is 0.0417. The van der Waals surface area contributed by atoms with Crippen molar-refractivity contribution in [2.45, 2.75) is 0 Å². The fourth-order valence-corrected chi connectivity index (χ4v) is 3.53. The van der Waals surface area contributed by atoms with Gasteiger partial charge in [-0.1, -0.05) is 48.0 Å².